The van der Waals surface area contributed by atoms with Crippen LogP contribution in [0.3, 0.4) is 0 Å². The molecule has 9 aromatic carbocycles. The van der Waals surface area contributed by atoms with Gasteiger partial charge in [-0.15, -0.1) is 0 Å². The maximum absolute atomic E-state index is 10.8. The Balaban J connectivity index is 1.41. The van der Waals surface area contributed by atoms with E-state index in [1.54, 1.807) is 0 Å². The quantitative estimate of drug-likeness (QED) is 0.148. The fourth-order valence-electron chi connectivity index (χ4n) is 7.34. The Morgan fingerprint density at radius 3 is 1.45 bits per heavy atom. The van der Waals surface area contributed by atoms with Crippen molar-refractivity contribution in [3.63, 3.8) is 0 Å². The Labute approximate surface area is 393 Å². The van der Waals surface area contributed by atoms with Gasteiger partial charge in [-0.1, -0.05) is 12.1 Å². The maximum atomic E-state index is 10.8. The van der Waals surface area contributed by atoms with Gasteiger partial charge in [0.25, 0.3) is 0 Å². The van der Waals surface area contributed by atoms with Crippen LogP contribution in [0.5, 0.6) is 0 Å². The van der Waals surface area contributed by atoms with Gasteiger partial charge in [0.05, 0.1) is 8.22 Å². The Kier molecular flexibility index (Phi) is 3.06. The molecule has 0 aliphatic carbocycles. The third-order valence-corrected chi connectivity index (χ3v) is 19.8. The van der Waals surface area contributed by atoms with Crippen molar-refractivity contribution >= 4 is 106 Å². The number of thiophene rings is 1. The van der Waals surface area contributed by atoms with E-state index < -0.39 is 324 Å². The molecule has 2 nitrogen and oxygen atoms in total. The Morgan fingerprint density at radius 2 is 0.810 bits per heavy atom. The molecule has 3 heterocycles. The average molecular weight is 854 g/mol. The monoisotopic (exact) mass is 854 g/mol. The zero-order chi connectivity index (χ0) is 69.5. The van der Waals surface area contributed by atoms with Gasteiger partial charge in [0.1, 0.15) is 0 Å². The summed E-state index contributed by atoms with van der Waals surface area (Å²) in [5.74, 6) is 0. The number of hydrogen-bond acceptors (Lipinski definition) is 1. The number of fused-ring (bicyclic) bond motifs is 9. The van der Waals surface area contributed by atoms with Gasteiger partial charge < -0.3 is 0 Å². The number of hydrogen-bond donors (Lipinski definition) is 0. The third kappa shape index (κ3) is 4.84. The van der Waals surface area contributed by atoms with Crippen molar-refractivity contribution in [3.8, 4) is 11.4 Å². The van der Waals surface area contributed by atoms with Gasteiger partial charge in [0.2, 0.25) is 0 Å². The summed E-state index contributed by atoms with van der Waals surface area (Å²) in [7, 11) is 0. The predicted octanol–water partition coefficient (Wildman–Crippen LogP) is 11.6. The molecule has 4 heteroatoms. The first-order chi connectivity index (χ1) is 43.8. The van der Waals surface area contributed by atoms with Gasteiger partial charge in [0, 0.05) is 0 Å². The summed E-state index contributed by atoms with van der Waals surface area (Å²) in [6.07, 6.45) is 0. The van der Waals surface area contributed by atoms with E-state index in [-0.39, 0.29) is 0 Å². The van der Waals surface area contributed by atoms with E-state index in [0.29, 0.717) is 20.5 Å². The summed E-state index contributed by atoms with van der Waals surface area (Å²) in [5.41, 5.74) is -5.33. The second-order valence-electron chi connectivity index (χ2n) is 12.5. The minimum absolute atomic E-state index is 0.348. The minimum atomic E-state index is -7.66. The molecule has 0 N–H and O–H groups in total. The van der Waals surface area contributed by atoms with Crippen LogP contribution in [0.1, 0.15) is 49.3 Å². The fourth-order valence-corrected chi connectivity index (χ4v) is 17.3. The van der Waals surface area contributed by atoms with Gasteiger partial charge in [-0.05, 0) is 0 Å². The van der Waals surface area contributed by atoms with Crippen molar-refractivity contribution in [2.75, 3.05) is 0 Å². The molecule has 272 valence electrons. The van der Waals surface area contributed by atoms with E-state index in [9.17, 15) is 30.2 Å². The molecule has 58 heavy (non-hydrogen) atoms. The Bertz CT molecular complexity index is 5450. The number of rotatable bonds is 6. The van der Waals surface area contributed by atoms with Gasteiger partial charge >= 0.3 is 373 Å². The molecule has 0 atom stereocenters. The summed E-state index contributed by atoms with van der Waals surface area (Å²) in [6.45, 7) is 0. The molecule has 0 saturated carbocycles. The summed E-state index contributed by atoms with van der Waals surface area (Å²) in [6, 6.07) is -39.9. The summed E-state index contributed by atoms with van der Waals surface area (Å²) >= 11 is -7.31. The van der Waals surface area contributed by atoms with E-state index >= 15 is 0 Å². The van der Waals surface area contributed by atoms with Crippen LogP contribution in [0, 0.1) is 0 Å². The first-order valence-corrected chi connectivity index (χ1v) is 22.0. The first kappa shape index (κ1) is 13.5. The zero-order valence-corrected chi connectivity index (χ0v) is 31.7. The van der Waals surface area contributed by atoms with Crippen LogP contribution in [-0.2, 0) is 0 Å². The zero-order valence-electron chi connectivity index (χ0n) is 64.8. The van der Waals surface area contributed by atoms with E-state index in [1.807, 2.05) is 0 Å². The normalized spacial score (nSPS) is 20.8. The second kappa shape index (κ2) is 13.2. The van der Waals surface area contributed by atoms with Crippen LogP contribution in [0.15, 0.2) is 218 Å². The standard InChI is InChI=1S/C54H36GeN2S/c1-3-17-37(18-4-1)55(38-19-5-2-6-20-38,48-28-16-27-46-45-26-10-14-32-53(45)58-54(46)48)39-21-15-22-40(35-39)56-51-31-13-9-25-44(51)47-36-41(33-34-52(47)56)57-49-29-11-7-23-42(49)43-24-8-12-30-50(43)57/h1-36H/i1D,2D,3D,4D,5D,6D,7D,8D,9D,10D,11D,12D,13D,14D,15D,16D,17D,18D,19D,20D,21D,22D,23D,24D,25D,26D,27D,28D,29D,30D,31D,32D,33D,34D,35D,36D. The molecular weight excluding hydrogens is 781 g/mol. The Hall–Kier alpha value is -6.66. The van der Waals surface area contributed by atoms with Gasteiger partial charge in [-0.2, -0.15) is 0 Å². The molecule has 0 unspecified atom stereocenters. The molecule has 0 saturated heterocycles. The first-order valence-electron chi connectivity index (χ1n) is 35.0. The second-order valence-corrected chi connectivity index (χ2v) is 20.9. The predicted molar refractivity (Wildman–Crippen MR) is 252 cm³/mol. The molecule has 0 amide bonds. The topological polar surface area (TPSA) is 9.86 Å². The molecule has 0 spiro atoms. The summed E-state index contributed by atoms with van der Waals surface area (Å²) in [4.78, 5) is 0. The molecule has 0 bridgehead atoms. The number of aromatic nitrogens is 2. The molecule has 0 aliphatic rings. The number of nitrogens with zero attached hydrogens (tertiary/aromatic N) is 2. The van der Waals surface area contributed by atoms with Crippen molar-refractivity contribution < 1.29 is 49.3 Å². The van der Waals surface area contributed by atoms with Gasteiger partial charge in [0.15, 0.2) is 0 Å². The molecule has 0 radical (unpaired) electrons. The molecule has 12 rings (SSSR count). The van der Waals surface area contributed by atoms with E-state index in [1.165, 1.54) is 0 Å². The van der Waals surface area contributed by atoms with Crippen LogP contribution in [0.25, 0.3) is 75.2 Å². The van der Waals surface area contributed by atoms with Crippen LogP contribution >= 0.6 is 11.3 Å². The van der Waals surface area contributed by atoms with Gasteiger partial charge in [-0.3, -0.25) is 0 Å². The van der Waals surface area contributed by atoms with E-state index in [4.69, 9.17) is 19.2 Å². The Morgan fingerprint density at radius 1 is 0.345 bits per heavy atom. The van der Waals surface area contributed by atoms with Crippen molar-refractivity contribution in [1.29, 1.82) is 0 Å². The van der Waals surface area contributed by atoms with Crippen LogP contribution in [0.2, 0.25) is 0 Å². The molecule has 12 aromatic rings. The van der Waals surface area contributed by atoms with Gasteiger partial charge in [-0.25, -0.2) is 0 Å². The van der Waals surface area contributed by atoms with E-state index in [2.05, 4.69) is 0 Å². The molecule has 3 aromatic heterocycles. The number of para-hydroxylation sites is 3. The van der Waals surface area contributed by atoms with Crippen LogP contribution in [0.4, 0.5) is 0 Å². The number of benzene rings is 9. The fraction of sp³-hybridized carbons (Fsp3) is 0. The van der Waals surface area contributed by atoms with E-state index in [0.717, 1.165) is 0 Å². The SMILES string of the molecule is [2H]c1c([2H])c([2H])[c]([Ge]([c]2c([2H])c([2H])c([2H])c([2H])c2[2H])([c]2c([2H])c([2H])c([2H])c(-n3c4c([2H])c([2H])c([2H])c([2H])c4c4c([2H])c(-n5c6c([2H])c([2H])c([2H])c([2H])c6c6c([2H])c([2H])c([2H])c([2H])c65)c([2H])c([2H])c43)c2[2H])[c]2c([2H])c([2H])c([2H])c3c2sc2c([2H])c([2H])c([2H])c([2H])c23)c([2H])c1[2H]. The van der Waals surface area contributed by atoms with Crippen molar-refractivity contribution in [2.45, 2.75) is 0 Å². The van der Waals surface area contributed by atoms with Crippen LogP contribution < -0.4 is 17.6 Å². The molecule has 0 fully saturated rings. The summed E-state index contributed by atoms with van der Waals surface area (Å²) in [5, 5.41) is -3.87. The van der Waals surface area contributed by atoms with Crippen LogP contribution in [-0.4, -0.2) is 22.4 Å². The van der Waals surface area contributed by atoms with Crippen molar-refractivity contribution in [1.82, 2.24) is 9.13 Å². The molecule has 0 aliphatic heterocycles. The van der Waals surface area contributed by atoms with Crippen molar-refractivity contribution in [2.24, 2.45) is 0 Å². The summed E-state index contributed by atoms with van der Waals surface area (Å²) < 4.78 is 333. The third-order valence-electron chi connectivity index (χ3n) is 9.67. The molecular formula is C54H36GeN2S. The van der Waals surface area contributed by atoms with Crippen molar-refractivity contribution in [3.05, 3.63) is 218 Å². The average Bonchev–Trinajstić information content (AvgIpc) is 1.08.